The van der Waals surface area contributed by atoms with Crippen LogP contribution < -0.4 is 10.6 Å². The van der Waals surface area contributed by atoms with Crippen LogP contribution in [0.2, 0.25) is 0 Å². The fraction of sp³-hybridized carbons (Fsp3) is 0.423. The summed E-state index contributed by atoms with van der Waals surface area (Å²) >= 11 is 0. The molecule has 0 unspecified atom stereocenters. The summed E-state index contributed by atoms with van der Waals surface area (Å²) in [6.07, 6.45) is 0.800. The number of likely N-dealkylation sites (tertiary alicyclic amines) is 1. The number of aliphatic carboxylic acids is 1. The van der Waals surface area contributed by atoms with Gasteiger partial charge in [0.15, 0.2) is 0 Å². The number of benzene rings is 2. The second-order valence-corrected chi connectivity index (χ2v) is 9.21. The Kier molecular flexibility index (Phi) is 8.22. The molecule has 0 bridgehead atoms. The molecule has 0 aromatic heterocycles. The Labute approximate surface area is 203 Å². The first-order chi connectivity index (χ1) is 16.6. The zero-order valence-corrected chi connectivity index (χ0v) is 20.1. The van der Waals surface area contributed by atoms with Crippen molar-refractivity contribution in [3.63, 3.8) is 0 Å². The summed E-state index contributed by atoms with van der Waals surface area (Å²) in [7, 11) is 0. The van der Waals surface area contributed by atoms with Crippen molar-refractivity contribution < 1.29 is 29.1 Å². The van der Waals surface area contributed by atoms with Crippen molar-refractivity contribution in [1.82, 2.24) is 15.5 Å². The van der Waals surface area contributed by atoms with Gasteiger partial charge < -0.3 is 25.4 Å². The van der Waals surface area contributed by atoms with Crippen molar-refractivity contribution in [3.8, 4) is 0 Å². The molecule has 0 radical (unpaired) electrons. The van der Waals surface area contributed by atoms with E-state index in [1.165, 1.54) is 4.90 Å². The van der Waals surface area contributed by atoms with E-state index in [1.807, 2.05) is 57.2 Å². The molecule has 1 fully saturated rings. The Balaban J connectivity index is 1.80. The van der Waals surface area contributed by atoms with Crippen LogP contribution in [-0.2, 0) is 19.2 Å². The smallest absolute Gasteiger partial charge is 0.305 e. The molecule has 0 saturated carbocycles. The highest BCUT2D eigenvalue weighted by Gasteiger charge is 2.39. The Hall–Kier alpha value is -3.75. The van der Waals surface area contributed by atoms with Crippen LogP contribution in [0.4, 0.5) is 0 Å². The number of aryl methyl sites for hydroxylation is 1. The number of fused-ring (bicyclic) bond motifs is 1. The molecule has 3 rings (SSSR count). The molecule has 9 heteroatoms. The SMILES string of the molecule is Cc1ccc2ccccc2c1C(=O)N[C@H](C(=O)N1CCC[C@H]1C(=O)N[C@H](C=O)CC(=O)O)C(C)C. The third kappa shape index (κ3) is 5.85. The largest absolute Gasteiger partial charge is 0.481 e. The topological polar surface area (TPSA) is 133 Å². The van der Waals surface area contributed by atoms with E-state index >= 15 is 0 Å². The third-order valence-electron chi connectivity index (χ3n) is 6.31. The van der Waals surface area contributed by atoms with Crippen molar-refractivity contribution in [2.45, 2.75) is 58.2 Å². The number of rotatable bonds is 9. The van der Waals surface area contributed by atoms with Crippen molar-refractivity contribution in [3.05, 3.63) is 47.5 Å². The lowest BCUT2D eigenvalue weighted by molar-refractivity contribution is -0.142. The van der Waals surface area contributed by atoms with Gasteiger partial charge in [-0.1, -0.05) is 50.2 Å². The van der Waals surface area contributed by atoms with Gasteiger partial charge in [0.05, 0.1) is 18.0 Å². The molecular formula is C26H31N3O6. The van der Waals surface area contributed by atoms with Gasteiger partial charge in [0.25, 0.3) is 5.91 Å². The summed E-state index contributed by atoms with van der Waals surface area (Å²) in [5.41, 5.74) is 1.28. The monoisotopic (exact) mass is 481 g/mol. The molecule has 2 aromatic carbocycles. The fourth-order valence-corrected chi connectivity index (χ4v) is 4.49. The zero-order valence-electron chi connectivity index (χ0n) is 20.1. The van der Waals surface area contributed by atoms with Crippen molar-refractivity contribution >= 4 is 40.7 Å². The molecule has 0 aliphatic carbocycles. The molecule has 3 atom stereocenters. The summed E-state index contributed by atoms with van der Waals surface area (Å²) in [4.78, 5) is 63.2. The number of carboxylic acid groups (broad SMARTS) is 1. The normalized spacial score (nSPS) is 17.1. The molecule has 1 heterocycles. The Bertz CT molecular complexity index is 1150. The predicted molar refractivity (Wildman–Crippen MR) is 130 cm³/mol. The number of carbonyl (C=O) groups excluding carboxylic acids is 4. The van der Waals surface area contributed by atoms with Gasteiger partial charge in [-0.2, -0.15) is 0 Å². The van der Waals surface area contributed by atoms with E-state index in [0.717, 1.165) is 16.3 Å². The number of carboxylic acids is 1. The number of nitrogens with zero attached hydrogens (tertiary/aromatic N) is 1. The zero-order chi connectivity index (χ0) is 25.7. The number of amides is 3. The highest BCUT2D eigenvalue weighted by molar-refractivity contribution is 6.09. The third-order valence-corrected chi connectivity index (χ3v) is 6.31. The summed E-state index contributed by atoms with van der Waals surface area (Å²) < 4.78 is 0. The second kappa shape index (κ2) is 11.1. The molecule has 1 aliphatic rings. The summed E-state index contributed by atoms with van der Waals surface area (Å²) in [6, 6.07) is 8.46. The average Bonchev–Trinajstić information content (AvgIpc) is 3.31. The van der Waals surface area contributed by atoms with E-state index in [2.05, 4.69) is 10.6 Å². The number of nitrogens with one attached hydrogen (secondary N) is 2. The molecule has 1 aliphatic heterocycles. The summed E-state index contributed by atoms with van der Waals surface area (Å²) in [6.45, 7) is 5.81. The summed E-state index contributed by atoms with van der Waals surface area (Å²) in [5.74, 6) is -2.79. The van der Waals surface area contributed by atoms with E-state index < -0.39 is 36.4 Å². The van der Waals surface area contributed by atoms with Crippen LogP contribution in [-0.4, -0.2) is 64.7 Å². The maximum Gasteiger partial charge on any atom is 0.305 e. The molecule has 9 nitrogen and oxygen atoms in total. The van der Waals surface area contributed by atoms with Crippen LogP contribution in [0.3, 0.4) is 0 Å². The average molecular weight is 482 g/mol. The van der Waals surface area contributed by atoms with Gasteiger partial charge in [-0.05, 0) is 42.0 Å². The summed E-state index contributed by atoms with van der Waals surface area (Å²) in [5, 5.41) is 15.9. The Morgan fingerprint density at radius 2 is 1.83 bits per heavy atom. The lowest BCUT2D eigenvalue weighted by Crippen LogP contribution is -2.56. The molecular weight excluding hydrogens is 450 g/mol. The van der Waals surface area contributed by atoms with Gasteiger partial charge in [-0.25, -0.2) is 0 Å². The standard InChI is InChI=1S/C26H31N3O6/c1-15(2)23(28-25(34)22-16(3)10-11-17-7-4-5-8-19(17)22)26(35)29-12-6-9-20(29)24(33)27-18(14-30)13-21(31)32/h4-5,7-8,10-11,14-15,18,20,23H,6,9,12-13H2,1-3H3,(H,27,33)(H,28,34)(H,31,32)/t18-,20-,23-/m0/s1. The predicted octanol–water partition coefficient (Wildman–Crippen LogP) is 2.05. The maximum atomic E-state index is 13.5. The fourth-order valence-electron chi connectivity index (χ4n) is 4.49. The van der Waals surface area contributed by atoms with Gasteiger partial charge in [-0.3, -0.25) is 19.2 Å². The van der Waals surface area contributed by atoms with Crippen LogP contribution >= 0.6 is 0 Å². The lowest BCUT2D eigenvalue weighted by atomic mass is 9.97. The van der Waals surface area contributed by atoms with E-state index in [-0.39, 0.29) is 17.7 Å². The van der Waals surface area contributed by atoms with Gasteiger partial charge in [-0.15, -0.1) is 0 Å². The van der Waals surface area contributed by atoms with Crippen LogP contribution in [0.25, 0.3) is 10.8 Å². The van der Waals surface area contributed by atoms with Crippen molar-refractivity contribution in [2.24, 2.45) is 5.92 Å². The van der Waals surface area contributed by atoms with Crippen molar-refractivity contribution in [1.29, 1.82) is 0 Å². The molecule has 3 N–H and O–H groups in total. The highest BCUT2D eigenvalue weighted by Crippen LogP contribution is 2.24. The van der Waals surface area contributed by atoms with E-state index in [0.29, 0.717) is 31.2 Å². The molecule has 35 heavy (non-hydrogen) atoms. The minimum Gasteiger partial charge on any atom is -0.481 e. The number of hydrogen-bond acceptors (Lipinski definition) is 5. The van der Waals surface area contributed by atoms with E-state index in [4.69, 9.17) is 5.11 Å². The van der Waals surface area contributed by atoms with Gasteiger partial charge in [0.2, 0.25) is 11.8 Å². The van der Waals surface area contributed by atoms with Gasteiger partial charge >= 0.3 is 5.97 Å². The van der Waals surface area contributed by atoms with Crippen LogP contribution in [0.1, 0.15) is 49.0 Å². The van der Waals surface area contributed by atoms with Gasteiger partial charge in [0, 0.05) is 6.54 Å². The van der Waals surface area contributed by atoms with Crippen LogP contribution in [0.5, 0.6) is 0 Å². The van der Waals surface area contributed by atoms with Crippen LogP contribution in [0.15, 0.2) is 36.4 Å². The van der Waals surface area contributed by atoms with E-state index in [9.17, 15) is 24.0 Å². The van der Waals surface area contributed by atoms with Crippen LogP contribution in [0, 0.1) is 12.8 Å². The molecule has 3 amide bonds. The minimum atomic E-state index is -1.21. The molecule has 2 aromatic rings. The second-order valence-electron chi connectivity index (χ2n) is 9.21. The molecule has 0 spiro atoms. The first-order valence-electron chi connectivity index (χ1n) is 11.7. The Morgan fingerprint density at radius 3 is 2.49 bits per heavy atom. The first kappa shape index (κ1) is 25.9. The number of hydrogen-bond donors (Lipinski definition) is 3. The highest BCUT2D eigenvalue weighted by atomic mass is 16.4. The van der Waals surface area contributed by atoms with Crippen molar-refractivity contribution in [2.75, 3.05) is 6.54 Å². The lowest BCUT2D eigenvalue weighted by Gasteiger charge is -2.31. The van der Waals surface area contributed by atoms with E-state index in [1.54, 1.807) is 0 Å². The molecule has 186 valence electrons. The number of aldehydes is 1. The minimum absolute atomic E-state index is 0.249. The maximum absolute atomic E-state index is 13.5. The first-order valence-corrected chi connectivity index (χ1v) is 11.7. The number of carbonyl (C=O) groups is 5. The molecule has 1 saturated heterocycles. The quantitative estimate of drug-likeness (QED) is 0.470. The van der Waals surface area contributed by atoms with Gasteiger partial charge in [0.1, 0.15) is 18.4 Å². The Morgan fingerprint density at radius 1 is 1.11 bits per heavy atom.